The number of carbonyl (C=O) groups is 3. The highest BCUT2D eigenvalue weighted by Crippen LogP contribution is 2.72. The van der Waals surface area contributed by atoms with Crippen LogP contribution in [0.15, 0.2) is 23.0 Å². The van der Waals surface area contributed by atoms with Crippen LogP contribution in [0.25, 0.3) is 0 Å². The normalized spacial score (nSPS) is 41.9. The molecule has 0 radical (unpaired) electrons. The average Bonchev–Trinajstić information content (AvgIpc) is 3.20. The summed E-state index contributed by atoms with van der Waals surface area (Å²) in [5.41, 5.74) is -1.05. The van der Waals surface area contributed by atoms with Gasteiger partial charge in [-0.05, 0) is 43.6 Å². The third-order valence-corrected chi connectivity index (χ3v) is 9.02. The fourth-order valence-corrected chi connectivity index (χ4v) is 7.58. The second kappa shape index (κ2) is 8.62. The van der Waals surface area contributed by atoms with E-state index in [9.17, 15) is 14.4 Å². The predicted molar refractivity (Wildman–Crippen MR) is 120 cm³/mol. The molecule has 2 saturated carbocycles. The smallest absolute Gasteiger partial charge is 0.304 e. The van der Waals surface area contributed by atoms with Gasteiger partial charge < -0.3 is 28.1 Å². The lowest BCUT2D eigenvalue weighted by atomic mass is 9.42. The van der Waals surface area contributed by atoms with Gasteiger partial charge in [-0.15, -0.1) is 0 Å². The number of esters is 3. The lowest BCUT2D eigenvalue weighted by Crippen LogP contribution is -2.69. The predicted octanol–water partition coefficient (Wildman–Crippen LogP) is 3.71. The van der Waals surface area contributed by atoms with Crippen LogP contribution in [0.2, 0.25) is 0 Å². The topological polar surface area (TPSA) is 114 Å². The van der Waals surface area contributed by atoms with Crippen molar-refractivity contribution in [3.05, 3.63) is 24.2 Å². The zero-order valence-electron chi connectivity index (χ0n) is 20.7. The van der Waals surface area contributed by atoms with Crippen molar-refractivity contribution in [2.45, 2.75) is 83.9 Å². The quantitative estimate of drug-likeness (QED) is 0.346. The summed E-state index contributed by atoms with van der Waals surface area (Å²) in [6.07, 6.45) is 5.22. The number of carbonyl (C=O) groups excluding carboxylic acids is 3. The first kappa shape index (κ1) is 24.3. The zero-order chi connectivity index (χ0) is 25.0. The zero-order valence-corrected chi connectivity index (χ0v) is 20.7. The van der Waals surface area contributed by atoms with Crippen molar-refractivity contribution in [2.24, 2.45) is 22.7 Å². The molecule has 2 aliphatic carbocycles. The minimum Gasteiger partial charge on any atom is -0.472 e. The van der Waals surface area contributed by atoms with Crippen molar-refractivity contribution >= 4 is 17.9 Å². The maximum absolute atomic E-state index is 12.3. The molecule has 9 heteroatoms. The van der Waals surface area contributed by atoms with Gasteiger partial charge in [-0.1, -0.05) is 13.3 Å². The lowest BCUT2D eigenvalue weighted by molar-refractivity contribution is -0.269. The molecule has 0 N–H and O–H groups in total. The highest BCUT2D eigenvalue weighted by Gasteiger charge is 2.78. The van der Waals surface area contributed by atoms with E-state index in [0.29, 0.717) is 19.4 Å². The standard InChI is InChI=1S/C26H34O9/c1-15-10-22(33-17(3)28)26(14-31-16(2)27)21(6-5-8-24(26)13-32-24)25(15)11-20(19-7-9-30-12-19)35-23(25)34-18(4)29/h7,9,12,15,20-23H,5-6,8,10-11,13-14H2,1-4H3. The molecule has 1 aromatic heterocycles. The van der Waals surface area contributed by atoms with Gasteiger partial charge >= 0.3 is 17.9 Å². The number of hydrogen-bond acceptors (Lipinski definition) is 9. The first-order chi connectivity index (χ1) is 16.6. The fourth-order valence-electron chi connectivity index (χ4n) is 7.58. The molecule has 9 nitrogen and oxygen atoms in total. The highest BCUT2D eigenvalue weighted by molar-refractivity contribution is 5.67. The molecule has 2 aliphatic heterocycles. The third kappa shape index (κ3) is 3.69. The van der Waals surface area contributed by atoms with Gasteiger partial charge in [0.1, 0.15) is 18.3 Å². The van der Waals surface area contributed by atoms with E-state index in [4.69, 9.17) is 28.1 Å². The van der Waals surface area contributed by atoms with Gasteiger partial charge in [-0.3, -0.25) is 14.4 Å². The molecule has 35 heavy (non-hydrogen) atoms. The summed E-state index contributed by atoms with van der Waals surface area (Å²) < 4.78 is 35.5. The van der Waals surface area contributed by atoms with Crippen LogP contribution in [-0.4, -0.2) is 49.1 Å². The van der Waals surface area contributed by atoms with Crippen LogP contribution in [0.5, 0.6) is 0 Å². The van der Waals surface area contributed by atoms with Crippen LogP contribution < -0.4 is 0 Å². The maximum Gasteiger partial charge on any atom is 0.304 e. The lowest BCUT2D eigenvalue weighted by Gasteiger charge is -2.63. The molecule has 0 amide bonds. The molecular formula is C26H34O9. The second-order valence-electron chi connectivity index (χ2n) is 10.7. The van der Waals surface area contributed by atoms with Crippen LogP contribution >= 0.6 is 0 Å². The Balaban J connectivity index is 1.65. The van der Waals surface area contributed by atoms with E-state index in [0.717, 1.165) is 24.8 Å². The van der Waals surface area contributed by atoms with Crippen molar-refractivity contribution in [3.63, 3.8) is 0 Å². The van der Waals surface area contributed by atoms with Gasteiger partial charge in [0, 0.05) is 31.7 Å². The number of ether oxygens (including phenoxy) is 5. The third-order valence-electron chi connectivity index (χ3n) is 9.02. The van der Waals surface area contributed by atoms with Crippen LogP contribution in [0.3, 0.4) is 0 Å². The molecular weight excluding hydrogens is 456 g/mol. The van der Waals surface area contributed by atoms with Crippen LogP contribution in [-0.2, 0) is 38.1 Å². The van der Waals surface area contributed by atoms with Gasteiger partial charge in [0.2, 0.25) is 6.29 Å². The fraction of sp³-hybridized carbons (Fsp3) is 0.731. The Labute approximate surface area is 204 Å². The SMILES string of the molecule is CC(=O)OCC12C(OC(C)=O)CC(C)C3(CC(c4ccoc4)OC3OC(C)=O)C1CCCC21CO1. The Kier molecular flexibility index (Phi) is 5.99. The van der Waals surface area contributed by atoms with Crippen molar-refractivity contribution < 1.29 is 42.5 Å². The Bertz CT molecular complexity index is 983. The molecule has 8 unspecified atom stereocenters. The molecule has 2 spiro atoms. The van der Waals surface area contributed by atoms with Gasteiger partial charge in [0.15, 0.2) is 0 Å². The molecule has 4 fully saturated rings. The van der Waals surface area contributed by atoms with Gasteiger partial charge in [0.25, 0.3) is 0 Å². The summed E-state index contributed by atoms with van der Waals surface area (Å²) in [6, 6.07) is 1.86. The minimum absolute atomic E-state index is 0.0162. The van der Waals surface area contributed by atoms with Crippen molar-refractivity contribution in [3.8, 4) is 0 Å². The summed E-state index contributed by atoms with van der Waals surface area (Å²) in [4.78, 5) is 36.5. The first-order valence-electron chi connectivity index (χ1n) is 12.4. The highest BCUT2D eigenvalue weighted by atomic mass is 16.7. The summed E-state index contributed by atoms with van der Waals surface area (Å²) >= 11 is 0. The molecule has 0 aromatic carbocycles. The molecule has 8 atom stereocenters. The van der Waals surface area contributed by atoms with E-state index in [1.807, 2.05) is 6.07 Å². The van der Waals surface area contributed by atoms with Gasteiger partial charge in [-0.25, -0.2) is 0 Å². The number of furan rings is 1. The molecule has 4 aliphatic rings. The molecule has 1 aromatic rings. The van der Waals surface area contributed by atoms with Gasteiger partial charge in [0.05, 0.1) is 30.7 Å². The Morgan fingerprint density at radius 2 is 1.86 bits per heavy atom. The average molecular weight is 491 g/mol. The summed E-state index contributed by atoms with van der Waals surface area (Å²) in [7, 11) is 0. The monoisotopic (exact) mass is 490 g/mol. The molecule has 2 saturated heterocycles. The first-order valence-corrected chi connectivity index (χ1v) is 12.4. The Morgan fingerprint density at radius 3 is 2.46 bits per heavy atom. The second-order valence-corrected chi connectivity index (χ2v) is 10.7. The van der Waals surface area contributed by atoms with Crippen molar-refractivity contribution in [2.75, 3.05) is 13.2 Å². The van der Waals surface area contributed by atoms with Gasteiger partial charge in [-0.2, -0.15) is 0 Å². The van der Waals surface area contributed by atoms with Crippen molar-refractivity contribution in [1.29, 1.82) is 0 Å². The Hall–Kier alpha value is -2.39. The van der Waals surface area contributed by atoms with E-state index in [2.05, 4.69) is 6.92 Å². The molecule has 0 bridgehead atoms. The number of hydrogen-bond donors (Lipinski definition) is 0. The van der Waals surface area contributed by atoms with Crippen LogP contribution in [0.1, 0.15) is 71.5 Å². The number of rotatable bonds is 5. The van der Waals surface area contributed by atoms with E-state index in [-0.39, 0.29) is 30.5 Å². The molecule has 192 valence electrons. The largest absolute Gasteiger partial charge is 0.472 e. The molecule has 5 rings (SSSR count). The summed E-state index contributed by atoms with van der Waals surface area (Å²) in [5, 5.41) is 0. The molecule has 3 heterocycles. The Morgan fingerprint density at radius 1 is 1.11 bits per heavy atom. The number of fused-ring (bicyclic) bond motifs is 3. The number of epoxide rings is 1. The van der Waals surface area contributed by atoms with Crippen molar-refractivity contribution in [1.82, 2.24) is 0 Å². The van der Waals surface area contributed by atoms with E-state index < -0.39 is 40.8 Å². The minimum atomic E-state index is -0.802. The van der Waals surface area contributed by atoms with Crippen LogP contribution in [0.4, 0.5) is 0 Å². The van der Waals surface area contributed by atoms with Crippen LogP contribution in [0, 0.1) is 22.7 Å². The summed E-state index contributed by atoms with van der Waals surface area (Å²) in [6.45, 7) is 6.86. The van der Waals surface area contributed by atoms with E-state index in [1.54, 1.807) is 12.5 Å². The maximum atomic E-state index is 12.3. The summed E-state index contributed by atoms with van der Waals surface area (Å²) in [5.74, 6) is -1.35. The van der Waals surface area contributed by atoms with E-state index in [1.165, 1.54) is 20.8 Å². The van der Waals surface area contributed by atoms with E-state index >= 15 is 0 Å².